The number of carbonyl (C=O) groups is 2. The molecule has 2 aromatic carbocycles. The number of carboxylic acids is 1. The molecule has 0 aliphatic heterocycles. The summed E-state index contributed by atoms with van der Waals surface area (Å²) in [4.78, 5) is 26.5. The highest BCUT2D eigenvalue weighted by atomic mass is 19.1. The molecule has 8 nitrogen and oxygen atoms in total. The van der Waals surface area contributed by atoms with Crippen LogP contribution in [-0.4, -0.2) is 52.3 Å². The van der Waals surface area contributed by atoms with Crippen LogP contribution in [0.25, 0.3) is 16.8 Å². The lowest BCUT2D eigenvalue weighted by atomic mass is 10.0. The average molecular weight is 504 g/mol. The minimum atomic E-state index is -1.06. The summed E-state index contributed by atoms with van der Waals surface area (Å²) in [6.45, 7) is 0.627. The maximum atomic E-state index is 15.6. The first-order chi connectivity index (χ1) is 17.8. The molecule has 3 aromatic rings. The lowest BCUT2D eigenvalue weighted by Crippen LogP contribution is -2.29. The minimum absolute atomic E-state index is 0.0111. The van der Waals surface area contributed by atoms with Crippen molar-refractivity contribution in [1.29, 1.82) is 0 Å². The third kappa shape index (κ3) is 4.81. The van der Waals surface area contributed by atoms with Crippen molar-refractivity contribution in [3.63, 3.8) is 0 Å². The number of nitrogens with zero attached hydrogens (tertiary/aromatic N) is 3. The molecule has 0 bridgehead atoms. The second kappa shape index (κ2) is 9.72. The number of rotatable bonds is 9. The third-order valence-corrected chi connectivity index (χ3v) is 7.12. The molecule has 1 heterocycles. The Bertz CT molecular complexity index is 1390. The maximum absolute atomic E-state index is 15.6. The van der Waals surface area contributed by atoms with Gasteiger partial charge in [-0.2, -0.15) is 5.10 Å². The topological polar surface area (TPSA) is 113 Å². The Labute approximate surface area is 214 Å². The summed E-state index contributed by atoms with van der Waals surface area (Å²) in [5, 5.41) is 17.1. The number of nitrogens with one attached hydrogen (secondary N) is 1. The van der Waals surface area contributed by atoms with Gasteiger partial charge in [-0.15, -0.1) is 0 Å². The van der Waals surface area contributed by atoms with E-state index in [-0.39, 0.29) is 28.9 Å². The predicted octanol–water partition coefficient (Wildman–Crippen LogP) is 3.98. The first kappa shape index (κ1) is 24.5. The minimum Gasteiger partial charge on any atom is -0.478 e. The Morgan fingerprint density at radius 1 is 1.24 bits per heavy atom. The van der Waals surface area contributed by atoms with Crippen molar-refractivity contribution in [2.24, 2.45) is 17.6 Å². The van der Waals surface area contributed by atoms with Gasteiger partial charge in [0.15, 0.2) is 0 Å². The summed E-state index contributed by atoms with van der Waals surface area (Å²) in [7, 11) is 3.46. The number of allylic oxidation sites excluding steroid dienone is 1. The van der Waals surface area contributed by atoms with Crippen molar-refractivity contribution >= 4 is 11.9 Å². The first-order valence-corrected chi connectivity index (χ1v) is 12.4. The van der Waals surface area contributed by atoms with Gasteiger partial charge in [-0.1, -0.05) is 24.3 Å². The highest BCUT2D eigenvalue weighted by Crippen LogP contribution is 2.51. The van der Waals surface area contributed by atoms with Gasteiger partial charge in [0, 0.05) is 49.9 Å². The Balaban J connectivity index is 1.49. The van der Waals surface area contributed by atoms with E-state index in [2.05, 4.69) is 10.4 Å². The summed E-state index contributed by atoms with van der Waals surface area (Å²) in [5.74, 6) is -1.56. The number of nitrogens with two attached hydrogens (primary N) is 1. The van der Waals surface area contributed by atoms with Crippen LogP contribution in [0.15, 0.2) is 60.6 Å². The standard InChI is InChI=1S/C28H30FN5O3/c1-31-14-24(30)21-12-22(21)26-23(28(36)37)13-32-34(26)18-6-3-5-17(11-18)19-7-4-8-20(25(19)29)27(35)33(2)15-16-9-10-16/h3-8,11,13-14,16,21-22,31H,9-10,12,15,30H2,1-2H3,(H,36,37)/b24-14-/t21?,22-/m1/s1. The molecule has 0 spiro atoms. The molecule has 5 rings (SSSR count). The van der Waals surface area contributed by atoms with Crippen molar-refractivity contribution in [3.8, 4) is 16.8 Å². The first-order valence-electron chi connectivity index (χ1n) is 12.4. The molecule has 2 aliphatic carbocycles. The number of aromatic nitrogens is 2. The third-order valence-electron chi connectivity index (χ3n) is 7.12. The van der Waals surface area contributed by atoms with Gasteiger partial charge in [-0.3, -0.25) is 4.79 Å². The lowest BCUT2D eigenvalue weighted by Gasteiger charge is -2.18. The fourth-order valence-electron chi connectivity index (χ4n) is 4.93. The van der Waals surface area contributed by atoms with Gasteiger partial charge in [0.05, 0.1) is 23.1 Å². The molecule has 2 saturated carbocycles. The molecule has 0 radical (unpaired) electrons. The molecule has 1 aromatic heterocycles. The maximum Gasteiger partial charge on any atom is 0.339 e. The SMILES string of the molecule is CN/C=C(\N)C1C[C@H]1c1c(C(=O)O)cnn1-c1cccc(-c2cccc(C(=O)N(C)CC3CC3)c2F)c1. The van der Waals surface area contributed by atoms with Crippen molar-refractivity contribution in [2.75, 3.05) is 20.6 Å². The van der Waals surface area contributed by atoms with Gasteiger partial charge in [-0.25, -0.2) is 13.9 Å². The number of benzene rings is 2. The molecular formula is C28H30FN5O3. The number of amides is 1. The molecule has 1 unspecified atom stereocenters. The molecule has 2 atom stereocenters. The molecule has 2 aliphatic rings. The van der Waals surface area contributed by atoms with Gasteiger partial charge in [0.2, 0.25) is 0 Å². The Morgan fingerprint density at radius 2 is 2.00 bits per heavy atom. The number of carboxylic acid groups (broad SMARTS) is 1. The van der Waals surface area contributed by atoms with E-state index in [1.165, 1.54) is 12.3 Å². The lowest BCUT2D eigenvalue weighted by molar-refractivity contribution is 0.0694. The van der Waals surface area contributed by atoms with Crippen LogP contribution >= 0.6 is 0 Å². The van der Waals surface area contributed by atoms with E-state index in [4.69, 9.17) is 5.73 Å². The molecule has 2 fully saturated rings. The van der Waals surface area contributed by atoms with E-state index < -0.39 is 11.8 Å². The van der Waals surface area contributed by atoms with Crippen molar-refractivity contribution in [2.45, 2.75) is 25.2 Å². The van der Waals surface area contributed by atoms with E-state index in [1.807, 2.05) is 0 Å². The average Bonchev–Trinajstić information content (AvgIpc) is 3.81. The monoisotopic (exact) mass is 503 g/mol. The smallest absolute Gasteiger partial charge is 0.339 e. The van der Waals surface area contributed by atoms with Gasteiger partial charge < -0.3 is 21.1 Å². The fraction of sp³-hybridized carbons (Fsp3) is 0.321. The Kier molecular flexibility index (Phi) is 6.45. The summed E-state index contributed by atoms with van der Waals surface area (Å²) in [6, 6.07) is 11.9. The zero-order valence-electron chi connectivity index (χ0n) is 20.8. The van der Waals surface area contributed by atoms with Crippen molar-refractivity contribution in [1.82, 2.24) is 20.0 Å². The van der Waals surface area contributed by atoms with Gasteiger partial charge in [0.1, 0.15) is 11.4 Å². The van der Waals surface area contributed by atoms with Crippen LogP contribution in [-0.2, 0) is 0 Å². The normalized spacial score (nSPS) is 18.9. The molecule has 4 N–H and O–H groups in total. The van der Waals surface area contributed by atoms with Crippen LogP contribution < -0.4 is 11.1 Å². The Morgan fingerprint density at radius 3 is 2.70 bits per heavy atom. The van der Waals surface area contributed by atoms with Crippen LogP contribution in [0.5, 0.6) is 0 Å². The van der Waals surface area contributed by atoms with Crippen LogP contribution in [0.4, 0.5) is 4.39 Å². The van der Waals surface area contributed by atoms with Gasteiger partial charge in [0.25, 0.3) is 5.91 Å². The van der Waals surface area contributed by atoms with Gasteiger partial charge >= 0.3 is 5.97 Å². The van der Waals surface area contributed by atoms with Crippen LogP contribution in [0.3, 0.4) is 0 Å². The van der Waals surface area contributed by atoms with E-state index in [9.17, 15) is 14.7 Å². The molecule has 9 heteroatoms. The number of hydrogen-bond donors (Lipinski definition) is 3. The predicted molar refractivity (Wildman–Crippen MR) is 138 cm³/mol. The second-order valence-corrected chi connectivity index (χ2v) is 9.89. The van der Waals surface area contributed by atoms with E-state index in [1.54, 1.807) is 66.3 Å². The summed E-state index contributed by atoms with van der Waals surface area (Å²) >= 11 is 0. The quantitative estimate of drug-likeness (QED) is 0.407. The van der Waals surface area contributed by atoms with E-state index >= 15 is 4.39 Å². The van der Waals surface area contributed by atoms with Crippen molar-refractivity contribution in [3.05, 3.63) is 83.2 Å². The second-order valence-electron chi connectivity index (χ2n) is 9.89. The molecule has 192 valence electrons. The number of aromatic carboxylic acids is 1. The molecule has 0 saturated heterocycles. The summed E-state index contributed by atoms with van der Waals surface area (Å²) in [6.07, 6.45) is 5.97. The fourth-order valence-corrected chi connectivity index (χ4v) is 4.93. The van der Waals surface area contributed by atoms with Crippen LogP contribution in [0.2, 0.25) is 0 Å². The highest BCUT2D eigenvalue weighted by Gasteiger charge is 2.45. The van der Waals surface area contributed by atoms with E-state index in [0.29, 0.717) is 47.1 Å². The summed E-state index contributed by atoms with van der Waals surface area (Å²) in [5.41, 5.74) is 8.99. The molecule has 1 amide bonds. The largest absolute Gasteiger partial charge is 0.478 e. The van der Waals surface area contributed by atoms with E-state index in [0.717, 1.165) is 12.8 Å². The van der Waals surface area contributed by atoms with Crippen LogP contribution in [0.1, 0.15) is 51.6 Å². The van der Waals surface area contributed by atoms with Gasteiger partial charge in [-0.05, 0) is 48.9 Å². The Hall–Kier alpha value is -4.14. The number of hydrogen-bond acceptors (Lipinski definition) is 5. The number of carbonyl (C=O) groups excluding carboxylic acids is 1. The number of halogens is 1. The zero-order valence-corrected chi connectivity index (χ0v) is 20.8. The zero-order chi connectivity index (χ0) is 26.3. The van der Waals surface area contributed by atoms with Crippen molar-refractivity contribution < 1.29 is 19.1 Å². The highest BCUT2D eigenvalue weighted by molar-refractivity contribution is 5.96. The van der Waals surface area contributed by atoms with Crippen LogP contribution in [0, 0.1) is 17.7 Å². The molecular weight excluding hydrogens is 473 g/mol. The molecule has 37 heavy (non-hydrogen) atoms. The summed E-state index contributed by atoms with van der Waals surface area (Å²) < 4.78 is 17.2.